The molecular weight excluding hydrogens is 1020 g/mol. The molecule has 8 aromatic heterocycles. The molecule has 0 aliphatic heterocycles. The topological polar surface area (TPSA) is 341 Å². The molecule has 0 bridgehead atoms. The second kappa shape index (κ2) is 22.4. The van der Waals surface area contributed by atoms with Crippen LogP contribution in [0.4, 0.5) is 39.9 Å². The van der Waals surface area contributed by atoms with Crippen molar-refractivity contribution >= 4 is 93.0 Å². The third-order valence-corrected chi connectivity index (χ3v) is 12.5. The Morgan fingerprint density at radius 3 is 1.13 bits per heavy atom. The summed E-state index contributed by atoms with van der Waals surface area (Å²) >= 11 is 0. The van der Waals surface area contributed by atoms with Gasteiger partial charge in [-0.15, -0.1) is 0 Å². The molecule has 1 atom stereocenters. The van der Waals surface area contributed by atoms with E-state index in [4.69, 9.17) is 5.73 Å². The monoisotopic (exact) mass is 1080 g/mol. The van der Waals surface area contributed by atoms with E-state index in [9.17, 15) is 43.2 Å². The number of nitrogens with one attached hydrogen (secondary N) is 8. The van der Waals surface area contributed by atoms with Gasteiger partial charge in [0.1, 0.15) is 28.5 Å². The number of anilines is 7. The Balaban J connectivity index is 0.779. The van der Waals surface area contributed by atoms with Gasteiger partial charge >= 0.3 is 0 Å². The van der Waals surface area contributed by atoms with Crippen LogP contribution in [0, 0.1) is 0 Å². The summed E-state index contributed by atoms with van der Waals surface area (Å²) in [5, 5.41) is 21.8. The molecule has 8 rings (SSSR count). The highest BCUT2D eigenvalue weighted by atomic mass is 16.2. The van der Waals surface area contributed by atoms with Crippen LogP contribution in [-0.4, -0.2) is 112 Å². The molecule has 0 radical (unpaired) electrons. The van der Waals surface area contributed by atoms with Crippen LogP contribution in [0.5, 0.6) is 0 Å². The standard InChI is InChI=1S/C51H57N19O9/c1-27(71)35-14-28(20-64(35)3)55-46(74)37-16-30(22-66(37)5)58-49(77)40-19-33(25-69(40)8)60-51(79)43-61-41(26-70(43)9)62-44(72)34(52)10-11-54-45(73)36-15-29(21-65(36)4)56-47(75)38-17-31(23-67(38)6)57-48(76)39-18-32(24-68(39)7)59-50(78)42-53-12-13-63(42)2/h12-26,34H,10-11,52H2,1-9H3,(H,54,73)(H,55,74)(H,56,75)(H,57,76)(H,58,77)(H,59,78)(H,60,79)(H,62,72)/t34-/m1/s1. The summed E-state index contributed by atoms with van der Waals surface area (Å²) in [5.74, 6) is -4.22. The molecule has 28 nitrogen and oxygen atoms in total. The van der Waals surface area contributed by atoms with Crippen LogP contribution < -0.4 is 48.3 Å². The molecule has 0 aliphatic carbocycles. The second-order valence-corrected chi connectivity index (χ2v) is 18.7. The minimum atomic E-state index is -1.09. The van der Waals surface area contributed by atoms with Gasteiger partial charge in [0.25, 0.3) is 41.4 Å². The fourth-order valence-electron chi connectivity index (χ4n) is 8.53. The van der Waals surface area contributed by atoms with Crippen molar-refractivity contribution in [3.8, 4) is 0 Å². The molecule has 79 heavy (non-hydrogen) atoms. The van der Waals surface area contributed by atoms with Crippen LogP contribution in [-0.2, 0) is 61.2 Å². The highest BCUT2D eigenvalue weighted by Crippen LogP contribution is 2.23. The molecule has 8 heterocycles. The maximum Gasteiger partial charge on any atom is 0.291 e. The lowest BCUT2D eigenvalue weighted by Gasteiger charge is -2.11. The zero-order chi connectivity index (χ0) is 57.1. The number of imidazole rings is 2. The first-order chi connectivity index (χ1) is 37.4. The van der Waals surface area contributed by atoms with E-state index in [0.29, 0.717) is 34.1 Å². The summed E-state index contributed by atoms with van der Waals surface area (Å²) in [6.07, 6.45) is 14.0. The minimum absolute atomic E-state index is 0.00215. The summed E-state index contributed by atoms with van der Waals surface area (Å²) in [6.45, 7) is 1.43. The van der Waals surface area contributed by atoms with Crippen molar-refractivity contribution in [2.24, 2.45) is 62.1 Å². The van der Waals surface area contributed by atoms with Crippen molar-refractivity contribution < 1.29 is 43.2 Å². The first kappa shape index (κ1) is 54.7. The molecule has 0 aliphatic rings. The summed E-state index contributed by atoms with van der Waals surface area (Å²) < 4.78 is 12.2. The quantitative estimate of drug-likeness (QED) is 0.0528. The molecule has 410 valence electrons. The van der Waals surface area contributed by atoms with Gasteiger partial charge in [-0.25, -0.2) is 9.97 Å². The number of nitrogens with two attached hydrogens (primary N) is 1. The zero-order valence-electron chi connectivity index (χ0n) is 44.4. The van der Waals surface area contributed by atoms with Crippen molar-refractivity contribution in [2.75, 3.05) is 43.8 Å². The van der Waals surface area contributed by atoms with Crippen LogP contribution in [0.15, 0.2) is 92.2 Å². The fourth-order valence-corrected chi connectivity index (χ4v) is 8.53. The third kappa shape index (κ3) is 12.3. The van der Waals surface area contributed by atoms with Crippen LogP contribution in [0.3, 0.4) is 0 Å². The van der Waals surface area contributed by atoms with Crippen LogP contribution >= 0.6 is 0 Å². The Bertz CT molecular complexity index is 3750. The van der Waals surface area contributed by atoms with E-state index in [1.54, 1.807) is 118 Å². The van der Waals surface area contributed by atoms with E-state index >= 15 is 0 Å². The molecule has 0 saturated heterocycles. The van der Waals surface area contributed by atoms with Crippen molar-refractivity contribution in [3.05, 3.63) is 138 Å². The normalized spacial score (nSPS) is 11.4. The molecule has 0 unspecified atom stereocenters. The summed E-state index contributed by atoms with van der Waals surface area (Å²) in [7, 11) is 13.1. The highest BCUT2D eigenvalue weighted by molar-refractivity contribution is 6.10. The number of aryl methyl sites for hydroxylation is 8. The molecule has 0 fully saturated rings. The first-order valence-corrected chi connectivity index (χ1v) is 24.2. The number of hydrogen-bond donors (Lipinski definition) is 9. The van der Waals surface area contributed by atoms with Gasteiger partial charge in [0.2, 0.25) is 11.7 Å². The lowest BCUT2D eigenvalue weighted by atomic mass is 10.2. The third-order valence-electron chi connectivity index (χ3n) is 12.5. The second-order valence-electron chi connectivity index (χ2n) is 18.7. The van der Waals surface area contributed by atoms with Crippen molar-refractivity contribution in [3.63, 3.8) is 0 Å². The largest absolute Gasteiger partial charge is 0.351 e. The van der Waals surface area contributed by atoms with E-state index in [1.807, 2.05) is 0 Å². The van der Waals surface area contributed by atoms with Gasteiger partial charge < -0.3 is 84.8 Å². The Morgan fingerprint density at radius 1 is 0.430 bits per heavy atom. The molecule has 8 aromatic rings. The van der Waals surface area contributed by atoms with Crippen LogP contribution in [0.1, 0.15) is 97.5 Å². The van der Waals surface area contributed by atoms with E-state index in [1.165, 1.54) is 74.1 Å². The number of rotatable bonds is 19. The predicted molar refractivity (Wildman–Crippen MR) is 290 cm³/mol. The van der Waals surface area contributed by atoms with Gasteiger partial charge in [-0.2, -0.15) is 0 Å². The number of hydrogen-bond acceptors (Lipinski definition) is 12. The van der Waals surface area contributed by atoms with Gasteiger partial charge in [-0.05, 0) is 42.8 Å². The van der Waals surface area contributed by atoms with Gasteiger partial charge in [-0.3, -0.25) is 43.2 Å². The average molecular weight is 1080 g/mol. The number of aromatic nitrogens is 10. The zero-order valence-corrected chi connectivity index (χ0v) is 44.4. The van der Waals surface area contributed by atoms with Crippen molar-refractivity contribution in [2.45, 2.75) is 19.4 Å². The number of carbonyl (C=O) groups excluding carboxylic acids is 9. The van der Waals surface area contributed by atoms with Gasteiger partial charge in [0, 0.05) is 126 Å². The number of amides is 8. The van der Waals surface area contributed by atoms with Crippen LogP contribution in [0.2, 0.25) is 0 Å². The molecule has 10 N–H and O–H groups in total. The maximum absolute atomic E-state index is 13.4. The smallest absolute Gasteiger partial charge is 0.291 e. The fraction of sp³-hybridized carbons (Fsp3) is 0.235. The van der Waals surface area contributed by atoms with Gasteiger partial charge in [0.15, 0.2) is 17.4 Å². The van der Waals surface area contributed by atoms with Crippen LogP contribution in [0.25, 0.3) is 0 Å². The average Bonchev–Trinajstić information content (AvgIpc) is 4.27. The maximum atomic E-state index is 13.4. The van der Waals surface area contributed by atoms with Gasteiger partial charge in [0.05, 0.1) is 45.9 Å². The van der Waals surface area contributed by atoms with E-state index in [2.05, 4.69) is 52.5 Å². The molecule has 0 spiro atoms. The lowest BCUT2D eigenvalue weighted by Crippen LogP contribution is -2.39. The first-order valence-electron chi connectivity index (χ1n) is 24.2. The molecular formula is C51H57N19O9. The highest BCUT2D eigenvalue weighted by Gasteiger charge is 2.24. The SMILES string of the molecule is CC(=O)c1cc(NC(=O)c2cc(NC(=O)c3cc(NC(=O)c4nc(NC(=O)[C@H](N)CCNC(=O)c5cc(NC(=O)c6cc(NC(=O)c7cc(NC(=O)c8nccn8C)cn7C)cn6C)cn5C)cn4C)cn3C)cn2C)cn1C. The Morgan fingerprint density at radius 2 is 0.772 bits per heavy atom. The summed E-state index contributed by atoms with van der Waals surface area (Å²) in [5.41, 5.74) is 9.72. The van der Waals surface area contributed by atoms with Crippen molar-refractivity contribution in [1.29, 1.82) is 0 Å². The number of carbonyl (C=O) groups is 9. The molecule has 0 saturated carbocycles. The predicted octanol–water partition coefficient (Wildman–Crippen LogP) is 2.99. The number of nitrogens with zero attached hydrogens (tertiary/aromatic N) is 10. The number of ketones is 1. The van der Waals surface area contributed by atoms with Crippen molar-refractivity contribution in [1.82, 2.24) is 51.8 Å². The molecule has 0 aromatic carbocycles. The van der Waals surface area contributed by atoms with E-state index in [-0.39, 0.29) is 70.4 Å². The summed E-state index contributed by atoms with van der Waals surface area (Å²) in [6, 6.07) is 7.90. The Hall–Kier alpha value is -10.5. The van der Waals surface area contributed by atoms with E-state index < -0.39 is 53.3 Å². The minimum Gasteiger partial charge on any atom is -0.351 e. The molecule has 28 heteroatoms. The lowest BCUT2D eigenvalue weighted by molar-refractivity contribution is -0.117. The Kier molecular flexibility index (Phi) is 15.5. The molecule has 8 amide bonds. The van der Waals surface area contributed by atoms with Gasteiger partial charge in [-0.1, -0.05) is 0 Å². The Labute approximate surface area is 449 Å². The number of Topliss-reactive ketones (excluding diaryl/α,β-unsaturated/α-hetero) is 1. The summed E-state index contributed by atoms with van der Waals surface area (Å²) in [4.78, 5) is 125. The van der Waals surface area contributed by atoms with E-state index in [0.717, 1.165) is 0 Å².